The van der Waals surface area contributed by atoms with Crippen LogP contribution in [0.3, 0.4) is 0 Å². The van der Waals surface area contributed by atoms with Gasteiger partial charge in [0.1, 0.15) is 0 Å². The first-order valence-electron chi connectivity index (χ1n) is 8.58. The minimum absolute atomic E-state index is 0.109. The molecule has 7 heteroatoms. The van der Waals surface area contributed by atoms with E-state index in [1.807, 2.05) is 25.1 Å². The molecule has 1 atom stereocenters. The van der Waals surface area contributed by atoms with E-state index in [4.69, 9.17) is 0 Å². The number of carbonyl (C=O) groups is 3. The molecule has 1 saturated heterocycles. The average molecular weight is 430 g/mol. The SMILES string of the molecule is CC(=O)Nc1cccc(N2CC(C(=O)Nc3ccc(Br)c(C)c3)CC2=O)c1. The zero-order valence-electron chi connectivity index (χ0n) is 15.1. The summed E-state index contributed by atoms with van der Waals surface area (Å²) in [5.41, 5.74) is 3.01. The van der Waals surface area contributed by atoms with Crippen LogP contribution in [0.2, 0.25) is 0 Å². The van der Waals surface area contributed by atoms with Crippen LogP contribution in [0, 0.1) is 12.8 Å². The Morgan fingerprint density at radius 1 is 1.11 bits per heavy atom. The lowest BCUT2D eigenvalue weighted by atomic mass is 10.1. The Morgan fingerprint density at radius 3 is 2.56 bits per heavy atom. The largest absolute Gasteiger partial charge is 0.326 e. The van der Waals surface area contributed by atoms with Crippen molar-refractivity contribution in [3.63, 3.8) is 0 Å². The number of amides is 3. The third kappa shape index (κ3) is 4.54. The maximum Gasteiger partial charge on any atom is 0.229 e. The average Bonchev–Trinajstić information content (AvgIpc) is 3.00. The molecule has 1 heterocycles. The molecular formula is C20H20BrN3O3. The van der Waals surface area contributed by atoms with E-state index in [0.29, 0.717) is 23.6 Å². The first-order chi connectivity index (χ1) is 12.8. The molecule has 1 aliphatic rings. The van der Waals surface area contributed by atoms with Gasteiger partial charge in [-0.25, -0.2) is 0 Å². The molecule has 0 aromatic heterocycles. The van der Waals surface area contributed by atoms with E-state index in [9.17, 15) is 14.4 Å². The van der Waals surface area contributed by atoms with Crippen molar-refractivity contribution in [1.82, 2.24) is 0 Å². The monoisotopic (exact) mass is 429 g/mol. The molecule has 2 N–H and O–H groups in total. The zero-order chi connectivity index (χ0) is 19.6. The third-order valence-corrected chi connectivity index (χ3v) is 5.29. The highest BCUT2D eigenvalue weighted by molar-refractivity contribution is 9.10. The van der Waals surface area contributed by atoms with Gasteiger partial charge >= 0.3 is 0 Å². The van der Waals surface area contributed by atoms with Gasteiger partial charge in [-0.15, -0.1) is 0 Å². The summed E-state index contributed by atoms with van der Waals surface area (Å²) in [6.45, 7) is 3.68. The maximum atomic E-state index is 12.6. The van der Waals surface area contributed by atoms with Crippen molar-refractivity contribution in [3.8, 4) is 0 Å². The molecule has 1 unspecified atom stereocenters. The summed E-state index contributed by atoms with van der Waals surface area (Å²) in [6.07, 6.45) is 0.158. The number of benzene rings is 2. The van der Waals surface area contributed by atoms with Gasteiger partial charge in [-0.2, -0.15) is 0 Å². The Morgan fingerprint density at radius 2 is 1.85 bits per heavy atom. The van der Waals surface area contributed by atoms with Crippen molar-refractivity contribution in [1.29, 1.82) is 0 Å². The third-order valence-electron chi connectivity index (χ3n) is 4.40. The second-order valence-corrected chi connectivity index (χ2v) is 7.44. The Balaban J connectivity index is 1.70. The number of aryl methyl sites for hydroxylation is 1. The van der Waals surface area contributed by atoms with Crippen LogP contribution in [-0.2, 0) is 14.4 Å². The van der Waals surface area contributed by atoms with E-state index < -0.39 is 5.92 Å². The molecule has 6 nitrogen and oxygen atoms in total. The van der Waals surface area contributed by atoms with Crippen molar-refractivity contribution in [2.24, 2.45) is 5.92 Å². The van der Waals surface area contributed by atoms with Gasteiger partial charge in [0.25, 0.3) is 0 Å². The number of hydrogen-bond donors (Lipinski definition) is 2. The van der Waals surface area contributed by atoms with Crippen LogP contribution in [0.1, 0.15) is 18.9 Å². The van der Waals surface area contributed by atoms with Crippen molar-refractivity contribution in [2.45, 2.75) is 20.3 Å². The highest BCUT2D eigenvalue weighted by atomic mass is 79.9. The molecule has 0 radical (unpaired) electrons. The molecule has 0 aliphatic carbocycles. The Labute approximate surface area is 166 Å². The summed E-state index contributed by atoms with van der Waals surface area (Å²) in [5.74, 6) is -0.888. The minimum atomic E-state index is -0.425. The van der Waals surface area contributed by atoms with Gasteiger partial charge < -0.3 is 15.5 Å². The van der Waals surface area contributed by atoms with Crippen LogP contribution in [0.25, 0.3) is 0 Å². The van der Waals surface area contributed by atoms with Crippen LogP contribution in [0.15, 0.2) is 46.9 Å². The molecule has 1 fully saturated rings. The molecule has 27 heavy (non-hydrogen) atoms. The van der Waals surface area contributed by atoms with Crippen LogP contribution in [0.4, 0.5) is 17.1 Å². The molecule has 3 amide bonds. The van der Waals surface area contributed by atoms with Crippen LogP contribution < -0.4 is 15.5 Å². The molecule has 1 aliphatic heterocycles. The van der Waals surface area contributed by atoms with Crippen molar-refractivity contribution in [3.05, 3.63) is 52.5 Å². The van der Waals surface area contributed by atoms with E-state index in [0.717, 1.165) is 10.0 Å². The maximum absolute atomic E-state index is 12.6. The molecule has 0 bridgehead atoms. The topological polar surface area (TPSA) is 78.5 Å². The van der Waals surface area contributed by atoms with E-state index in [-0.39, 0.29) is 24.1 Å². The number of anilines is 3. The number of carbonyl (C=O) groups excluding carboxylic acids is 3. The van der Waals surface area contributed by atoms with Crippen LogP contribution >= 0.6 is 15.9 Å². The Bertz CT molecular complexity index is 913. The summed E-state index contributed by atoms with van der Waals surface area (Å²) in [7, 11) is 0. The Kier molecular flexibility index (Phi) is 5.60. The number of rotatable bonds is 4. The van der Waals surface area contributed by atoms with Gasteiger partial charge in [-0.3, -0.25) is 14.4 Å². The standard InChI is InChI=1S/C20H20BrN3O3/c1-12-8-16(6-7-18(12)21)23-20(27)14-9-19(26)24(11-14)17-5-3-4-15(10-17)22-13(2)25/h3-8,10,14H,9,11H2,1-2H3,(H,22,25)(H,23,27). The van der Waals surface area contributed by atoms with Gasteiger partial charge in [-0.05, 0) is 48.9 Å². The van der Waals surface area contributed by atoms with Gasteiger partial charge in [0.15, 0.2) is 0 Å². The van der Waals surface area contributed by atoms with Gasteiger partial charge in [0, 0.05) is 41.4 Å². The summed E-state index contributed by atoms with van der Waals surface area (Å²) in [4.78, 5) is 37.8. The van der Waals surface area contributed by atoms with Crippen molar-refractivity contribution >= 4 is 50.7 Å². The number of nitrogens with zero attached hydrogens (tertiary/aromatic N) is 1. The summed E-state index contributed by atoms with van der Waals surface area (Å²) < 4.78 is 0.974. The predicted octanol–water partition coefficient (Wildman–Crippen LogP) is 3.71. The summed E-state index contributed by atoms with van der Waals surface area (Å²) in [6, 6.07) is 12.6. The van der Waals surface area contributed by atoms with Gasteiger partial charge in [0.2, 0.25) is 17.7 Å². The molecule has 0 saturated carbocycles. The molecular weight excluding hydrogens is 410 g/mol. The van der Waals surface area contributed by atoms with E-state index in [1.54, 1.807) is 29.2 Å². The number of nitrogens with one attached hydrogen (secondary N) is 2. The lowest BCUT2D eigenvalue weighted by Gasteiger charge is -2.18. The second-order valence-electron chi connectivity index (χ2n) is 6.59. The number of hydrogen-bond acceptors (Lipinski definition) is 3. The molecule has 2 aromatic carbocycles. The molecule has 0 spiro atoms. The first kappa shape index (κ1) is 19.1. The van der Waals surface area contributed by atoms with E-state index in [1.165, 1.54) is 6.92 Å². The van der Waals surface area contributed by atoms with Gasteiger partial charge in [0.05, 0.1) is 5.92 Å². The summed E-state index contributed by atoms with van der Waals surface area (Å²) in [5, 5.41) is 5.59. The van der Waals surface area contributed by atoms with Gasteiger partial charge in [-0.1, -0.05) is 22.0 Å². The fourth-order valence-electron chi connectivity index (χ4n) is 3.05. The smallest absolute Gasteiger partial charge is 0.229 e. The fraction of sp³-hybridized carbons (Fsp3) is 0.250. The van der Waals surface area contributed by atoms with Crippen LogP contribution in [0.5, 0.6) is 0 Å². The van der Waals surface area contributed by atoms with Crippen molar-refractivity contribution < 1.29 is 14.4 Å². The molecule has 2 aromatic rings. The molecule has 140 valence electrons. The van der Waals surface area contributed by atoms with Crippen molar-refractivity contribution in [2.75, 3.05) is 22.1 Å². The number of halogens is 1. The molecule has 3 rings (SSSR count). The predicted molar refractivity (Wildman–Crippen MR) is 109 cm³/mol. The zero-order valence-corrected chi connectivity index (χ0v) is 16.7. The quantitative estimate of drug-likeness (QED) is 0.777. The lowest BCUT2D eigenvalue weighted by molar-refractivity contribution is -0.122. The summed E-state index contributed by atoms with van der Waals surface area (Å²) >= 11 is 3.43. The second kappa shape index (κ2) is 7.92. The highest BCUT2D eigenvalue weighted by Gasteiger charge is 2.35. The Hall–Kier alpha value is -2.67. The highest BCUT2D eigenvalue weighted by Crippen LogP contribution is 2.28. The minimum Gasteiger partial charge on any atom is -0.326 e. The fourth-order valence-corrected chi connectivity index (χ4v) is 3.30. The van der Waals surface area contributed by atoms with E-state index in [2.05, 4.69) is 26.6 Å². The lowest BCUT2D eigenvalue weighted by Crippen LogP contribution is -2.28. The first-order valence-corrected chi connectivity index (χ1v) is 9.38. The van der Waals surface area contributed by atoms with E-state index >= 15 is 0 Å². The van der Waals surface area contributed by atoms with Crippen LogP contribution in [-0.4, -0.2) is 24.3 Å². The normalized spacial score (nSPS) is 16.3.